The summed E-state index contributed by atoms with van der Waals surface area (Å²) >= 11 is 0. The third kappa shape index (κ3) is 2.80. The molecule has 0 bridgehead atoms. The van der Waals surface area contributed by atoms with E-state index in [1.807, 2.05) is 0 Å². The van der Waals surface area contributed by atoms with Gasteiger partial charge in [-0.15, -0.1) is 0 Å². The van der Waals surface area contributed by atoms with Crippen LogP contribution < -0.4 is 5.32 Å². The van der Waals surface area contributed by atoms with Gasteiger partial charge in [0.05, 0.1) is 12.2 Å². The number of rotatable bonds is 4. The van der Waals surface area contributed by atoms with Crippen molar-refractivity contribution in [1.82, 2.24) is 5.32 Å². The molecule has 3 N–H and O–H groups in total. The number of phenols is 2. The molecule has 6 heteroatoms. The fraction of sp³-hybridized carbons (Fsp3) is 0.462. The van der Waals surface area contributed by atoms with Crippen LogP contribution in [0.4, 0.5) is 0 Å². The van der Waals surface area contributed by atoms with Crippen molar-refractivity contribution in [3.63, 3.8) is 0 Å². The first-order valence-electron chi connectivity index (χ1n) is 6.00. The van der Waals surface area contributed by atoms with Gasteiger partial charge < -0.3 is 25.0 Å². The highest BCUT2D eigenvalue weighted by Crippen LogP contribution is 2.28. The molecule has 0 aromatic heterocycles. The first-order chi connectivity index (χ1) is 9.08. The van der Waals surface area contributed by atoms with E-state index in [2.05, 4.69) is 5.32 Å². The van der Waals surface area contributed by atoms with Crippen molar-refractivity contribution in [3.8, 4) is 11.5 Å². The average molecular weight is 267 g/mol. The van der Waals surface area contributed by atoms with Crippen LogP contribution in [0.1, 0.15) is 16.8 Å². The van der Waals surface area contributed by atoms with Gasteiger partial charge in [0.25, 0.3) is 5.91 Å². The van der Waals surface area contributed by atoms with Gasteiger partial charge in [-0.3, -0.25) is 4.79 Å². The molecule has 19 heavy (non-hydrogen) atoms. The van der Waals surface area contributed by atoms with Gasteiger partial charge in [0, 0.05) is 26.7 Å². The van der Waals surface area contributed by atoms with Crippen LogP contribution in [0.5, 0.6) is 11.5 Å². The summed E-state index contributed by atoms with van der Waals surface area (Å²) < 4.78 is 10.7. The Morgan fingerprint density at radius 1 is 1.53 bits per heavy atom. The molecule has 1 unspecified atom stereocenters. The molecule has 1 aliphatic rings. The second kappa shape index (κ2) is 5.46. The minimum atomic E-state index is -0.512. The monoisotopic (exact) mass is 267 g/mol. The molecule has 1 amide bonds. The number of amides is 1. The molecule has 0 saturated carbocycles. The van der Waals surface area contributed by atoms with Crippen molar-refractivity contribution in [2.75, 3.05) is 26.9 Å². The number of benzene rings is 1. The maximum absolute atomic E-state index is 12.0. The predicted octanol–water partition coefficient (Wildman–Crippen LogP) is 0.633. The first-order valence-corrected chi connectivity index (χ1v) is 6.00. The summed E-state index contributed by atoms with van der Waals surface area (Å²) in [6, 6.07) is 4.25. The summed E-state index contributed by atoms with van der Waals surface area (Å²) in [7, 11) is 1.58. The third-order valence-corrected chi connectivity index (χ3v) is 3.33. The summed E-state index contributed by atoms with van der Waals surface area (Å²) in [5.41, 5.74) is -0.479. The zero-order valence-electron chi connectivity index (χ0n) is 10.7. The first kappa shape index (κ1) is 13.6. The molecule has 1 aromatic carbocycles. The Hall–Kier alpha value is -1.79. The number of aromatic hydroxyl groups is 2. The molecule has 0 radical (unpaired) electrons. The number of para-hydroxylation sites is 1. The summed E-state index contributed by atoms with van der Waals surface area (Å²) in [5.74, 6) is -1.20. The highest BCUT2D eigenvalue weighted by molar-refractivity contribution is 5.97. The quantitative estimate of drug-likeness (QED) is 0.696. The standard InChI is InChI=1S/C13H17NO5/c1-18-13(5-6-19-8-13)7-14-12(17)9-3-2-4-10(15)11(9)16/h2-4,15-16H,5-8H2,1H3,(H,14,17). The topological polar surface area (TPSA) is 88.0 Å². The molecule has 1 saturated heterocycles. The van der Waals surface area contributed by atoms with Gasteiger partial charge in [-0.1, -0.05) is 6.07 Å². The Balaban J connectivity index is 2.03. The van der Waals surface area contributed by atoms with E-state index in [4.69, 9.17) is 9.47 Å². The molecule has 1 aliphatic heterocycles. The lowest BCUT2D eigenvalue weighted by Crippen LogP contribution is -2.45. The lowest BCUT2D eigenvalue weighted by Gasteiger charge is -2.25. The minimum Gasteiger partial charge on any atom is -0.504 e. The van der Waals surface area contributed by atoms with Crippen molar-refractivity contribution in [2.45, 2.75) is 12.0 Å². The van der Waals surface area contributed by atoms with Crippen molar-refractivity contribution in [3.05, 3.63) is 23.8 Å². The van der Waals surface area contributed by atoms with Crippen LogP contribution >= 0.6 is 0 Å². The van der Waals surface area contributed by atoms with E-state index in [0.29, 0.717) is 19.6 Å². The maximum Gasteiger partial charge on any atom is 0.255 e. The Kier molecular flexibility index (Phi) is 3.92. The lowest BCUT2D eigenvalue weighted by molar-refractivity contribution is -0.0148. The average Bonchev–Trinajstić information content (AvgIpc) is 2.89. The Morgan fingerprint density at radius 3 is 2.95 bits per heavy atom. The third-order valence-electron chi connectivity index (χ3n) is 3.33. The molecule has 6 nitrogen and oxygen atoms in total. The fourth-order valence-corrected chi connectivity index (χ4v) is 2.01. The number of ether oxygens (including phenoxy) is 2. The van der Waals surface area contributed by atoms with E-state index < -0.39 is 17.3 Å². The number of carbonyl (C=O) groups is 1. The number of hydrogen-bond donors (Lipinski definition) is 3. The number of carbonyl (C=O) groups excluding carboxylic acids is 1. The maximum atomic E-state index is 12.0. The van der Waals surface area contributed by atoms with Crippen LogP contribution in [0.3, 0.4) is 0 Å². The summed E-state index contributed by atoms with van der Waals surface area (Å²) in [6.45, 7) is 1.31. The molecule has 104 valence electrons. The molecule has 1 fully saturated rings. The minimum absolute atomic E-state index is 0.0326. The molecule has 1 atom stereocenters. The largest absolute Gasteiger partial charge is 0.504 e. The number of hydrogen-bond acceptors (Lipinski definition) is 5. The molecule has 1 aromatic rings. The summed E-state index contributed by atoms with van der Waals surface area (Å²) in [6.07, 6.45) is 0.704. The van der Waals surface area contributed by atoms with Crippen LogP contribution in [0.15, 0.2) is 18.2 Å². The van der Waals surface area contributed by atoms with E-state index in [9.17, 15) is 15.0 Å². The normalized spacial score (nSPS) is 22.4. The number of phenolic OH excluding ortho intramolecular Hbond substituents is 2. The van der Waals surface area contributed by atoms with Crippen molar-refractivity contribution in [1.29, 1.82) is 0 Å². The van der Waals surface area contributed by atoms with Gasteiger partial charge in [-0.25, -0.2) is 0 Å². The molecular weight excluding hydrogens is 250 g/mol. The van der Waals surface area contributed by atoms with Crippen molar-refractivity contribution in [2.24, 2.45) is 0 Å². The summed E-state index contributed by atoms with van der Waals surface area (Å²) in [4.78, 5) is 12.0. The van der Waals surface area contributed by atoms with Crippen LogP contribution in [0.25, 0.3) is 0 Å². The Bertz CT molecular complexity index is 468. The van der Waals surface area contributed by atoms with Gasteiger partial charge in [0.1, 0.15) is 5.60 Å². The van der Waals surface area contributed by atoms with Crippen LogP contribution in [0, 0.1) is 0 Å². The Morgan fingerprint density at radius 2 is 2.32 bits per heavy atom. The van der Waals surface area contributed by atoms with Crippen LogP contribution in [-0.2, 0) is 9.47 Å². The molecule has 1 heterocycles. The smallest absolute Gasteiger partial charge is 0.255 e. The van der Waals surface area contributed by atoms with E-state index in [0.717, 1.165) is 0 Å². The van der Waals surface area contributed by atoms with Crippen molar-refractivity contribution < 1.29 is 24.5 Å². The van der Waals surface area contributed by atoms with Crippen molar-refractivity contribution >= 4 is 5.91 Å². The molecule has 2 rings (SSSR count). The highest BCUT2D eigenvalue weighted by atomic mass is 16.5. The van der Waals surface area contributed by atoms with Gasteiger partial charge >= 0.3 is 0 Å². The Labute approximate surface area is 111 Å². The number of nitrogens with one attached hydrogen (secondary N) is 1. The van der Waals surface area contributed by atoms with Gasteiger partial charge in [0.2, 0.25) is 0 Å². The zero-order valence-corrected chi connectivity index (χ0v) is 10.7. The van der Waals surface area contributed by atoms with Gasteiger partial charge in [-0.2, -0.15) is 0 Å². The lowest BCUT2D eigenvalue weighted by atomic mass is 10.0. The van der Waals surface area contributed by atoms with Gasteiger partial charge in [0.15, 0.2) is 11.5 Å². The van der Waals surface area contributed by atoms with Crippen LogP contribution in [-0.4, -0.2) is 48.6 Å². The SMILES string of the molecule is COC1(CNC(=O)c2cccc(O)c2O)CCOC1. The molecule has 0 spiro atoms. The number of methoxy groups -OCH3 is 1. The van der Waals surface area contributed by atoms with E-state index in [-0.39, 0.29) is 17.9 Å². The predicted molar refractivity (Wildman–Crippen MR) is 67.3 cm³/mol. The van der Waals surface area contributed by atoms with E-state index in [1.165, 1.54) is 18.2 Å². The second-order valence-corrected chi connectivity index (χ2v) is 4.55. The second-order valence-electron chi connectivity index (χ2n) is 4.55. The van der Waals surface area contributed by atoms with E-state index >= 15 is 0 Å². The molecule has 0 aliphatic carbocycles. The van der Waals surface area contributed by atoms with Crippen LogP contribution in [0.2, 0.25) is 0 Å². The summed E-state index contributed by atoms with van der Waals surface area (Å²) in [5, 5.41) is 21.7. The highest BCUT2D eigenvalue weighted by Gasteiger charge is 2.35. The zero-order chi connectivity index (χ0) is 13.9. The fourth-order valence-electron chi connectivity index (χ4n) is 2.01. The van der Waals surface area contributed by atoms with Gasteiger partial charge in [-0.05, 0) is 12.1 Å². The molecular formula is C13H17NO5. The van der Waals surface area contributed by atoms with E-state index in [1.54, 1.807) is 7.11 Å².